The van der Waals surface area contributed by atoms with Crippen LogP contribution in [0.1, 0.15) is 25.3 Å². The van der Waals surface area contributed by atoms with Gasteiger partial charge in [-0.2, -0.15) is 0 Å². The predicted octanol–water partition coefficient (Wildman–Crippen LogP) is 1.10. The van der Waals surface area contributed by atoms with E-state index in [0.29, 0.717) is 35.3 Å². The van der Waals surface area contributed by atoms with Crippen LogP contribution in [0.25, 0.3) is 0 Å². The molecule has 0 bridgehead atoms. The van der Waals surface area contributed by atoms with Crippen molar-refractivity contribution in [3.8, 4) is 0 Å². The van der Waals surface area contributed by atoms with E-state index >= 15 is 0 Å². The Morgan fingerprint density at radius 2 is 2.11 bits per heavy atom. The van der Waals surface area contributed by atoms with Crippen LogP contribution in [-0.4, -0.2) is 27.3 Å². The monoisotopic (exact) mass is 281 g/mol. The van der Waals surface area contributed by atoms with E-state index in [1.165, 1.54) is 0 Å². The maximum Gasteiger partial charge on any atom is 0.263 e. The van der Waals surface area contributed by atoms with Crippen LogP contribution in [0.15, 0.2) is 34.2 Å². The molecule has 3 N–H and O–H groups in total. The minimum absolute atomic E-state index is 0.306. The van der Waals surface area contributed by atoms with E-state index in [-0.39, 0.29) is 0 Å². The molecule has 19 heavy (non-hydrogen) atoms. The average molecular weight is 281 g/mol. The van der Waals surface area contributed by atoms with Crippen LogP contribution in [0.5, 0.6) is 0 Å². The fourth-order valence-electron chi connectivity index (χ4n) is 2.13. The number of nitrogens with zero attached hydrogens (tertiary/aromatic N) is 1. The Kier molecular flexibility index (Phi) is 4.21. The molecular formula is C13H19N3O2S. The Balaban J connectivity index is 2.24. The molecule has 1 atom stereocenters. The third-order valence-electron chi connectivity index (χ3n) is 3.32. The molecule has 0 spiro atoms. The lowest BCUT2D eigenvalue weighted by atomic mass is 10.0. The SMILES string of the molecule is CCC(CCN)CN=C1NS(=O)(=O)c2ccccc21. The Bertz CT molecular complexity index is 581. The van der Waals surface area contributed by atoms with E-state index in [9.17, 15) is 8.42 Å². The molecular weight excluding hydrogens is 262 g/mol. The smallest absolute Gasteiger partial charge is 0.263 e. The van der Waals surface area contributed by atoms with E-state index in [1.54, 1.807) is 18.2 Å². The lowest BCUT2D eigenvalue weighted by Crippen LogP contribution is -2.23. The van der Waals surface area contributed by atoms with Gasteiger partial charge in [0.15, 0.2) is 0 Å². The van der Waals surface area contributed by atoms with Crippen LogP contribution >= 0.6 is 0 Å². The fourth-order valence-corrected chi connectivity index (χ4v) is 3.38. The van der Waals surface area contributed by atoms with Gasteiger partial charge in [-0.3, -0.25) is 9.71 Å². The van der Waals surface area contributed by atoms with Crippen molar-refractivity contribution < 1.29 is 8.42 Å². The number of nitrogens with two attached hydrogens (primary N) is 1. The molecule has 1 aliphatic heterocycles. The van der Waals surface area contributed by atoms with Crippen molar-refractivity contribution in [3.05, 3.63) is 29.8 Å². The van der Waals surface area contributed by atoms with Crippen molar-refractivity contribution in [1.29, 1.82) is 0 Å². The first-order valence-electron chi connectivity index (χ1n) is 6.45. The molecule has 2 rings (SSSR count). The van der Waals surface area contributed by atoms with Gasteiger partial charge in [-0.25, -0.2) is 8.42 Å². The molecule has 104 valence electrons. The second-order valence-corrected chi connectivity index (χ2v) is 6.29. The Labute approximate surface area is 114 Å². The first-order valence-corrected chi connectivity index (χ1v) is 7.93. The number of hydrogen-bond acceptors (Lipinski definition) is 4. The lowest BCUT2D eigenvalue weighted by molar-refractivity contribution is 0.489. The Hall–Kier alpha value is -1.40. The first-order chi connectivity index (χ1) is 9.08. The molecule has 1 unspecified atom stereocenters. The van der Waals surface area contributed by atoms with Gasteiger partial charge in [-0.1, -0.05) is 25.5 Å². The summed E-state index contributed by atoms with van der Waals surface area (Å²) in [5.74, 6) is 0.848. The summed E-state index contributed by atoms with van der Waals surface area (Å²) >= 11 is 0. The number of sulfonamides is 1. The summed E-state index contributed by atoms with van der Waals surface area (Å²) in [6.45, 7) is 3.32. The van der Waals surface area contributed by atoms with Crippen molar-refractivity contribution in [3.63, 3.8) is 0 Å². The number of benzene rings is 1. The van der Waals surface area contributed by atoms with Crippen LogP contribution < -0.4 is 10.5 Å². The highest BCUT2D eigenvalue weighted by molar-refractivity contribution is 7.90. The second kappa shape index (κ2) is 5.71. The standard InChI is InChI=1S/C13H19N3O2S/c1-2-10(7-8-14)9-15-13-11-5-3-4-6-12(11)19(17,18)16-13/h3-6,10H,2,7-9,14H2,1H3,(H,15,16). The number of fused-ring (bicyclic) bond motifs is 1. The van der Waals surface area contributed by atoms with Gasteiger partial charge in [-0.15, -0.1) is 0 Å². The first kappa shape index (κ1) is 14.0. The minimum Gasteiger partial charge on any atom is -0.330 e. The molecule has 0 saturated carbocycles. The summed E-state index contributed by atoms with van der Waals surface area (Å²) in [5.41, 5.74) is 6.21. The molecule has 0 aromatic heterocycles. The Morgan fingerprint density at radius 3 is 2.79 bits per heavy atom. The zero-order chi connectivity index (χ0) is 13.9. The summed E-state index contributed by atoms with van der Waals surface area (Å²) in [6, 6.07) is 6.89. The van der Waals surface area contributed by atoms with Crippen molar-refractivity contribution in [2.45, 2.75) is 24.7 Å². The molecule has 0 radical (unpaired) electrons. The molecule has 6 heteroatoms. The summed E-state index contributed by atoms with van der Waals surface area (Å²) in [5, 5.41) is 0. The van der Waals surface area contributed by atoms with Gasteiger partial charge >= 0.3 is 0 Å². The van der Waals surface area contributed by atoms with Crippen molar-refractivity contribution in [1.82, 2.24) is 4.72 Å². The summed E-state index contributed by atoms with van der Waals surface area (Å²) in [4.78, 5) is 4.73. The van der Waals surface area contributed by atoms with E-state index in [1.807, 2.05) is 6.07 Å². The molecule has 1 aromatic carbocycles. The third kappa shape index (κ3) is 2.96. The molecule has 1 heterocycles. The summed E-state index contributed by atoms with van der Waals surface area (Å²) < 4.78 is 26.3. The van der Waals surface area contributed by atoms with Crippen LogP contribution in [0.2, 0.25) is 0 Å². The van der Waals surface area contributed by atoms with Crippen LogP contribution in [0.3, 0.4) is 0 Å². The highest BCUT2D eigenvalue weighted by Crippen LogP contribution is 2.22. The van der Waals surface area contributed by atoms with Crippen LogP contribution in [0, 0.1) is 5.92 Å². The van der Waals surface area contributed by atoms with Gasteiger partial charge in [0.1, 0.15) is 5.84 Å². The van der Waals surface area contributed by atoms with Crippen LogP contribution in [0.4, 0.5) is 0 Å². The molecule has 0 fully saturated rings. The Morgan fingerprint density at radius 1 is 1.37 bits per heavy atom. The maximum atomic E-state index is 11.9. The van der Waals surface area contributed by atoms with Gasteiger partial charge in [0.05, 0.1) is 4.90 Å². The second-order valence-electron chi connectivity index (χ2n) is 4.64. The lowest BCUT2D eigenvalue weighted by Gasteiger charge is -2.10. The highest BCUT2D eigenvalue weighted by Gasteiger charge is 2.30. The van der Waals surface area contributed by atoms with E-state index in [4.69, 9.17) is 5.73 Å². The fraction of sp³-hybridized carbons (Fsp3) is 0.462. The normalized spacial score (nSPS) is 20.0. The zero-order valence-corrected chi connectivity index (χ0v) is 11.8. The topological polar surface area (TPSA) is 84.5 Å². The van der Waals surface area contributed by atoms with Gasteiger partial charge < -0.3 is 5.73 Å². The van der Waals surface area contributed by atoms with Crippen molar-refractivity contribution in [2.75, 3.05) is 13.1 Å². The third-order valence-corrected chi connectivity index (χ3v) is 4.72. The molecule has 1 aromatic rings. The van der Waals surface area contributed by atoms with E-state index in [0.717, 1.165) is 12.8 Å². The number of rotatable bonds is 5. The minimum atomic E-state index is -3.43. The molecule has 1 aliphatic rings. The highest BCUT2D eigenvalue weighted by atomic mass is 32.2. The number of aliphatic imine (C=N–C) groups is 1. The number of hydrogen-bond donors (Lipinski definition) is 2. The van der Waals surface area contributed by atoms with Gasteiger partial charge in [0, 0.05) is 12.1 Å². The summed E-state index contributed by atoms with van der Waals surface area (Å²) in [6.07, 6.45) is 1.89. The predicted molar refractivity (Wildman–Crippen MR) is 75.6 cm³/mol. The van der Waals surface area contributed by atoms with Crippen molar-refractivity contribution in [2.24, 2.45) is 16.6 Å². The zero-order valence-electron chi connectivity index (χ0n) is 11.0. The van der Waals surface area contributed by atoms with Gasteiger partial charge in [0.2, 0.25) is 0 Å². The molecule has 0 aliphatic carbocycles. The molecule has 0 saturated heterocycles. The maximum absolute atomic E-state index is 11.9. The molecule has 5 nitrogen and oxygen atoms in total. The van der Waals surface area contributed by atoms with E-state index in [2.05, 4.69) is 16.6 Å². The average Bonchev–Trinajstić information content (AvgIpc) is 2.67. The van der Waals surface area contributed by atoms with Gasteiger partial charge in [-0.05, 0) is 31.0 Å². The largest absolute Gasteiger partial charge is 0.330 e. The quantitative estimate of drug-likeness (QED) is 0.847. The van der Waals surface area contributed by atoms with Crippen LogP contribution in [-0.2, 0) is 10.0 Å². The van der Waals surface area contributed by atoms with Crippen molar-refractivity contribution >= 4 is 15.9 Å². The summed E-state index contributed by atoms with van der Waals surface area (Å²) in [7, 11) is -3.43. The molecule has 0 amide bonds. The van der Waals surface area contributed by atoms with Gasteiger partial charge in [0.25, 0.3) is 10.0 Å². The number of nitrogens with one attached hydrogen (secondary N) is 1. The number of amidine groups is 1. The van der Waals surface area contributed by atoms with E-state index < -0.39 is 10.0 Å².